The van der Waals surface area contributed by atoms with E-state index in [1.165, 1.54) is 5.56 Å². The number of carbonyl (C=O) groups is 1. The highest BCUT2D eigenvalue weighted by Crippen LogP contribution is 2.85. The number of terminal acetylenes is 1. The first-order valence-corrected chi connectivity index (χ1v) is 6.95. The summed E-state index contributed by atoms with van der Waals surface area (Å²) in [6.07, 6.45) is 6.50. The van der Waals surface area contributed by atoms with Crippen LogP contribution in [0.3, 0.4) is 0 Å². The molecule has 3 rings (SSSR count). The molecule has 0 bridgehead atoms. The normalized spacial score (nSPS) is 34.1. The fraction of sp³-hybridized carbons (Fsp3) is 0.471. The zero-order valence-electron chi connectivity index (χ0n) is 11.3. The van der Waals surface area contributed by atoms with Crippen LogP contribution in [-0.2, 0) is 14.9 Å². The van der Waals surface area contributed by atoms with Gasteiger partial charge in [0.2, 0.25) is 0 Å². The first kappa shape index (κ1) is 12.3. The van der Waals surface area contributed by atoms with Crippen LogP contribution in [0.15, 0.2) is 24.3 Å². The van der Waals surface area contributed by atoms with Gasteiger partial charge >= 0.3 is 5.97 Å². The molecule has 1 aromatic carbocycles. The highest BCUT2D eigenvalue weighted by Gasteiger charge is 2.88. The summed E-state index contributed by atoms with van der Waals surface area (Å²) < 4.78 is 5.18. The molecule has 4 atom stereocenters. The zero-order valence-corrected chi connectivity index (χ0v) is 11.3. The highest BCUT2D eigenvalue weighted by molar-refractivity contribution is 5.84. The summed E-state index contributed by atoms with van der Waals surface area (Å²) in [4.78, 5) is 12.0. The van der Waals surface area contributed by atoms with E-state index in [4.69, 9.17) is 11.2 Å². The Bertz CT molecular complexity index is 552. The van der Waals surface area contributed by atoms with E-state index >= 15 is 0 Å². The van der Waals surface area contributed by atoms with Crippen LogP contribution in [0.2, 0.25) is 0 Å². The van der Waals surface area contributed by atoms with Crippen molar-refractivity contribution in [1.29, 1.82) is 0 Å². The molecule has 0 aliphatic heterocycles. The van der Waals surface area contributed by atoms with Crippen LogP contribution in [0, 0.1) is 30.1 Å². The lowest BCUT2D eigenvalue weighted by molar-refractivity contribution is -0.146. The molecule has 0 spiro atoms. The van der Waals surface area contributed by atoms with Gasteiger partial charge in [0.05, 0.1) is 12.5 Å². The van der Waals surface area contributed by atoms with E-state index in [9.17, 15) is 4.79 Å². The van der Waals surface area contributed by atoms with E-state index in [1.54, 1.807) is 0 Å². The van der Waals surface area contributed by atoms with Crippen LogP contribution in [0.4, 0.5) is 0 Å². The van der Waals surface area contributed by atoms with Gasteiger partial charge in [-0.1, -0.05) is 31.4 Å². The van der Waals surface area contributed by atoms with Crippen LogP contribution in [0.1, 0.15) is 31.4 Å². The third kappa shape index (κ3) is 1.48. The smallest absolute Gasteiger partial charge is 0.310 e. The Morgan fingerprint density at radius 3 is 2.58 bits per heavy atom. The average Bonchev–Trinajstić information content (AvgIpc) is 3.28. The second-order valence-electron chi connectivity index (χ2n) is 5.42. The molecule has 2 aliphatic carbocycles. The highest BCUT2D eigenvalue weighted by atomic mass is 16.5. The Morgan fingerprint density at radius 1 is 1.37 bits per heavy atom. The molecule has 2 fully saturated rings. The number of hydrogen-bond donors (Lipinski definition) is 0. The molecule has 2 nitrogen and oxygen atoms in total. The number of hydrogen-bond acceptors (Lipinski definition) is 2. The fourth-order valence-electron chi connectivity index (χ4n) is 3.90. The summed E-state index contributed by atoms with van der Waals surface area (Å²) >= 11 is 0. The molecular formula is C17H18O2. The largest absolute Gasteiger partial charge is 0.466 e. The van der Waals surface area contributed by atoms with Crippen molar-refractivity contribution < 1.29 is 9.53 Å². The van der Waals surface area contributed by atoms with Gasteiger partial charge in [0.1, 0.15) is 0 Å². The zero-order chi connectivity index (χ0) is 13.6. The minimum absolute atomic E-state index is 0.0294. The molecule has 0 radical (unpaired) electrons. The Labute approximate surface area is 114 Å². The average molecular weight is 254 g/mol. The number of carbonyl (C=O) groups excluding carboxylic acids is 1. The maximum absolute atomic E-state index is 12.0. The molecule has 4 unspecified atom stereocenters. The van der Waals surface area contributed by atoms with Crippen LogP contribution < -0.4 is 0 Å². The van der Waals surface area contributed by atoms with Gasteiger partial charge in [-0.25, -0.2) is 0 Å². The Kier molecular flexibility index (Phi) is 2.67. The second kappa shape index (κ2) is 4.13. The molecule has 2 heteroatoms. The van der Waals surface area contributed by atoms with E-state index < -0.39 is 0 Å². The van der Waals surface area contributed by atoms with E-state index in [1.807, 2.05) is 19.1 Å². The minimum atomic E-state index is -0.0294. The lowest BCUT2D eigenvalue weighted by atomic mass is 9.88. The predicted octanol–water partition coefficient (Wildman–Crippen LogP) is 2.75. The van der Waals surface area contributed by atoms with Crippen LogP contribution in [0.25, 0.3) is 0 Å². The van der Waals surface area contributed by atoms with Crippen LogP contribution in [-0.4, -0.2) is 12.6 Å². The number of ether oxygens (including phenoxy) is 1. The first-order valence-electron chi connectivity index (χ1n) is 6.95. The maximum atomic E-state index is 12.0. The number of rotatable bonds is 4. The fourth-order valence-corrected chi connectivity index (χ4v) is 3.90. The summed E-state index contributed by atoms with van der Waals surface area (Å²) in [7, 11) is 0. The first-order chi connectivity index (χ1) is 9.21. The molecule has 0 aromatic heterocycles. The Morgan fingerprint density at radius 2 is 2.05 bits per heavy atom. The van der Waals surface area contributed by atoms with Crippen LogP contribution >= 0.6 is 0 Å². The van der Waals surface area contributed by atoms with Gasteiger partial charge in [-0.2, -0.15) is 0 Å². The molecule has 19 heavy (non-hydrogen) atoms. The van der Waals surface area contributed by atoms with Gasteiger partial charge in [0.25, 0.3) is 0 Å². The molecule has 2 saturated carbocycles. The lowest BCUT2D eigenvalue weighted by Gasteiger charge is -2.17. The molecule has 0 saturated heterocycles. The van der Waals surface area contributed by atoms with Crippen molar-refractivity contribution in [2.45, 2.75) is 25.7 Å². The lowest BCUT2D eigenvalue weighted by Crippen LogP contribution is -2.22. The summed E-state index contributed by atoms with van der Waals surface area (Å²) in [5, 5.41) is 0. The molecule has 2 aliphatic rings. The van der Waals surface area contributed by atoms with E-state index in [2.05, 4.69) is 25.0 Å². The van der Waals surface area contributed by atoms with Gasteiger partial charge in [0.15, 0.2) is 0 Å². The second-order valence-corrected chi connectivity index (χ2v) is 5.42. The van der Waals surface area contributed by atoms with Crippen molar-refractivity contribution in [1.82, 2.24) is 0 Å². The van der Waals surface area contributed by atoms with Crippen molar-refractivity contribution in [2.24, 2.45) is 17.8 Å². The molecular weight excluding hydrogens is 236 g/mol. The van der Waals surface area contributed by atoms with E-state index in [0.717, 1.165) is 12.0 Å². The maximum Gasteiger partial charge on any atom is 0.310 e. The van der Waals surface area contributed by atoms with Gasteiger partial charge < -0.3 is 4.74 Å². The van der Waals surface area contributed by atoms with Gasteiger partial charge in [-0.15, -0.1) is 6.42 Å². The van der Waals surface area contributed by atoms with Crippen molar-refractivity contribution in [3.63, 3.8) is 0 Å². The quantitative estimate of drug-likeness (QED) is 0.610. The van der Waals surface area contributed by atoms with E-state index in [0.29, 0.717) is 18.4 Å². The summed E-state index contributed by atoms with van der Waals surface area (Å²) in [5.74, 6) is 3.81. The van der Waals surface area contributed by atoms with Gasteiger partial charge in [0, 0.05) is 11.0 Å². The Balaban J connectivity index is 1.85. The molecule has 0 amide bonds. The molecule has 0 N–H and O–H groups in total. The number of esters is 1. The SMILES string of the molecule is C#Cc1ccc(C23C(CC)C2C3C(=O)OCC)cc1. The monoisotopic (exact) mass is 254 g/mol. The number of benzene rings is 1. The molecule has 98 valence electrons. The van der Waals surface area contributed by atoms with Crippen molar-refractivity contribution in [2.75, 3.05) is 6.61 Å². The standard InChI is InChI=1S/C17H18O2/c1-4-11-7-9-12(10-8-11)17-13(5-2)14(17)15(17)16(18)19-6-3/h1,7-10,13-15H,5-6H2,2-3H3. The third-order valence-corrected chi connectivity index (χ3v) is 4.79. The summed E-state index contributed by atoms with van der Waals surface area (Å²) in [6, 6.07) is 8.09. The van der Waals surface area contributed by atoms with Crippen molar-refractivity contribution >= 4 is 5.97 Å². The molecule has 0 heterocycles. The van der Waals surface area contributed by atoms with Crippen LogP contribution in [0.5, 0.6) is 0 Å². The Hall–Kier alpha value is -1.75. The predicted molar refractivity (Wildman–Crippen MR) is 73.4 cm³/mol. The van der Waals surface area contributed by atoms with Gasteiger partial charge in [-0.05, 0) is 36.5 Å². The third-order valence-electron chi connectivity index (χ3n) is 4.79. The number of fused-ring (bicyclic) bond motifs is 1. The molecule has 1 aromatic rings. The topological polar surface area (TPSA) is 26.3 Å². The minimum Gasteiger partial charge on any atom is -0.466 e. The van der Waals surface area contributed by atoms with Crippen molar-refractivity contribution in [3.05, 3.63) is 35.4 Å². The summed E-state index contributed by atoms with van der Waals surface area (Å²) in [5.41, 5.74) is 2.20. The van der Waals surface area contributed by atoms with E-state index in [-0.39, 0.29) is 17.3 Å². The van der Waals surface area contributed by atoms with Gasteiger partial charge in [-0.3, -0.25) is 4.79 Å². The summed E-state index contributed by atoms with van der Waals surface area (Å²) in [6.45, 7) is 4.51. The van der Waals surface area contributed by atoms with Crippen molar-refractivity contribution in [3.8, 4) is 12.3 Å².